The highest BCUT2D eigenvalue weighted by molar-refractivity contribution is 6.30. The Morgan fingerprint density at radius 3 is 2.36 bits per heavy atom. The van der Waals surface area contributed by atoms with Crippen LogP contribution in [-0.2, 0) is 15.0 Å². The van der Waals surface area contributed by atoms with Gasteiger partial charge in [0.2, 0.25) is 5.91 Å². The average Bonchev–Trinajstić information content (AvgIpc) is 3.08. The zero-order valence-electron chi connectivity index (χ0n) is 14.3. The van der Waals surface area contributed by atoms with Crippen molar-refractivity contribution in [1.29, 1.82) is 0 Å². The van der Waals surface area contributed by atoms with Crippen LogP contribution in [-0.4, -0.2) is 35.0 Å². The summed E-state index contributed by atoms with van der Waals surface area (Å²) in [4.78, 5) is 26.7. The van der Waals surface area contributed by atoms with Gasteiger partial charge in [0.25, 0.3) is 0 Å². The molecule has 3 aliphatic rings. The van der Waals surface area contributed by atoms with Crippen LogP contribution < -0.4 is 0 Å². The number of rotatable bonds is 3. The Bertz CT molecular complexity index is 703. The predicted molar refractivity (Wildman–Crippen MR) is 95.6 cm³/mol. The Kier molecular flexibility index (Phi) is 4.06. The molecule has 1 aromatic rings. The summed E-state index contributed by atoms with van der Waals surface area (Å²) in [5.74, 6) is -0.654. The maximum Gasteiger partial charge on any atom is 0.307 e. The molecule has 25 heavy (non-hydrogen) atoms. The standard InChI is InChI=1S/C20H24ClNO3/c21-15-5-3-4-14(12-15)20(6-1-2-7-20)18(25)22-10-8-19(9-11-22)13-16(19)17(23)24/h3-5,12,16H,1-2,6-11,13H2,(H,23,24). The molecule has 1 unspecified atom stereocenters. The minimum atomic E-state index is -0.675. The molecule has 2 aliphatic carbocycles. The van der Waals surface area contributed by atoms with E-state index in [4.69, 9.17) is 11.6 Å². The SMILES string of the molecule is O=C(O)C1CC12CCN(C(=O)C1(c3cccc(Cl)c3)CCCC1)CC2. The van der Waals surface area contributed by atoms with E-state index in [9.17, 15) is 14.7 Å². The smallest absolute Gasteiger partial charge is 0.307 e. The zero-order valence-corrected chi connectivity index (χ0v) is 15.1. The van der Waals surface area contributed by atoms with Crippen molar-refractivity contribution in [3.05, 3.63) is 34.9 Å². The molecule has 2 saturated carbocycles. The molecular formula is C20H24ClNO3. The van der Waals surface area contributed by atoms with E-state index in [2.05, 4.69) is 0 Å². The molecular weight excluding hydrogens is 338 g/mol. The van der Waals surface area contributed by atoms with Crippen LogP contribution in [0.4, 0.5) is 0 Å². The van der Waals surface area contributed by atoms with Gasteiger partial charge in [0, 0.05) is 18.1 Å². The van der Waals surface area contributed by atoms with Crippen molar-refractivity contribution in [3.8, 4) is 0 Å². The van der Waals surface area contributed by atoms with Gasteiger partial charge in [0.15, 0.2) is 0 Å². The number of piperidine rings is 1. The summed E-state index contributed by atoms with van der Waals surface area (Å²) in [6.07, 6.45) is 6.32. The number of aliphatic carboxylic acids is 1. The van der Waals surface area contributed by atoms with E-state index in [1.54, 1.807) is 0 Å². The van der Waals surface area contributed by atoms with Gasteiger partial charge in [-0.1, -0.05) is 36.6 Å². The monoisotopic (exact) mass is 361 g/mol. The second-order valence-electron chi connectivity index (χ2n) is 8.05. The Labute approximate surface area is 153 Å². The van der Waals surface area contributed by atoms with Gasteiger partial charge >= 0.3 is 5.97 Å². The molecule has 0 bridgehead atoms. The Morgan fingerprint density at radius 2 is 1.80 bits per heavy atom. The lowest BCUT2D eigenvalue weighted by molar-refractivity contribution is -0.140. The molecule has 134 valence electrons. The van der Waals surface area contributed by atoms with Gasteiger partial charge in [-0.2, -0.15) is 0 Å². The number of halogens is 1. The summed E-state index contributed by atoms with van der Waals surface area (Å²) in [6.45, 7) is 1.37. The van der Waals surface area contributed by atoms with Crippen LogP contribution in [0.2, 0.25) is 5.02 Å². The molecule has 3 fully saturated rings. The first kappa shape index (κ1) is 16.9. The number of benzene rings is 1. The number of carbonyl (C=O) groups excluding carboxylic acids is 1. The Hall–Kier alpha value is -1.55. The molecule has 5 heteroatoms. The van der Waals surface area contributed by atoms with E-state index in [0.717, 1.165) is 50.5 Å². The lowest BCUT2D eigenvalue weighted by Crippen LogP contribution is -2.49. The first-order valence-corrected chi connectivity index (χ1v) is 9.63. The molecule has 1 N–H and O–H groups in total. The van der Waals surface area contributed by atoms with Crippen LogP contribution in [0, 0.1) is 11.3 Å². The van der Waals surface area contributed by atoms with Gasteiger partial charge in [-0.25, -0.2) is 0 Å². The number of hydrogen-bond donors (Lipinski definition) is 1. The number of carbonyl (C=O) groups is 2. The number of likely N-dealkylation sites (tertiary alicyclic amines) is 1. The minimum absolute atomic E-state index is 0.0402. The highest BCUT2D eigenvalue weighted by Crippen LogP contribution is 2.59. The molecule has 1 spiro atoms. The van der Waals surface area contributed by atoms with Crippen molar-refractivity contribution in [3.63, 3.8) is 0 Å². The third-order valence-electron chi connectivity index (χ3n) is 6.78. The number of carboxylic acid groups (broad SMARTS) is 1. The minimum Gasteiger partial charge on any atom is -0.481 e. The van der Waals surface area contributed by atoms with Crippen LogP contribution in [0.25, 0.3) is 0 Å². The largest absolute Gasteiger partial charge is 0.481 e. The fourth-order valence-corrected chi connectivity index (χ4v) is 5.29. The number of nitrogens with zero attached hydrogens (tertiary/aromatic N) is 1. The molecule has 1 aliphatic heterocycles. The van der Waals surface area contributed by atoms with Crippen LogP contribution in [0.3, 0.4) is 0 Å². The first-order valence-electron chi connectivity index (χ1n) is 9.25. The zero-order chi connectivity index (χ0) is 17.7. The normalized spacial score (nSPS) is 26.6. The van der Waals surface area contributed by atoms with Crippen LogP contribution in [0.1, 0.15) is 50.5 Å². The van der Waals surface area contributed by atoms with Crippen LogP contribution in [0.5, 0.6) is 0 Å². The average molecular weight is 362 g/mol. The maximum absolute atomic E-state index is 13.4. The van der Waals surface area contributed by atoms with E-state index in [1.807, 2.05) is 29.2 Å². The van der Waals surface area contributed by atoms with E-state index >= 15 is 0 Å². The van der Waals surface area contributed by atoms with Gasteiger partial charge in [0.1, 0.15) is 0 Å². The highest BCUT2D eigenvalue weighted by Gasteiger charge is 2.59. The molecule has 4 rings (SSSR count). The summed E-state index contributed by atoms with van der Waals surface area (Å²) in [5.41, 5.74) is 0.560. The van der Waals surface area contributed by atoms with Crippen LogP contribution >= 0.6 is 11.6 Å². The van der Waals surface area contributed by atoms with E-state index < -0.39 is 11.4 Å². The molecule has 4 nitrogen and oxygen atoms in total. The number of carboxylic acids is 1. The third kappa shape index (κ3) is 2.75. The first-order chi connectivity index (χ1) is 12.0. The Morgan fingerprint density at radius 1 is 1.12 bits per heavy atom. The topological polar surface area (TPSA) is 57.6 Å². The lowest BCUT2D eigenvalue weighted by Gasteiger charge is -2.39. The van der Waals surface area contributed by atoms with E-state index in [1.165, 1.54) is 0 Å². The number of hydrogen-bond acceptors (Lipinski definition) is 2. The van der Waals surface area contributed by atoms with Gasteiger partial charge in [-0.3, -0.25) is 9.59 Å². The fourth-order valence-electron chi connectivity index (χ4n) is 5.10. The third-order valence-corrected chi connectivity index (χ3v) is 7.01. The fraction of sp³-hybridized carbons (Fsp3) is 0.600. The van der Waals surface area contributed by atoms with Crippen molar-refractivity contribution >= 4 is 23.5 Å². The highest BCUT2D eigenvalue weighted by atomic mass is 35.5. The van der Waals surface area contributed by atoms with Crippen molar-refractivity contribution in [2.24, 2.45) is 11.3 Å². The van der Waals surface area contributed by atoms with E-state index in [-0.39, 0.29) is 17.2 Å². The summed E-state index contributed by atoms with van der Waals surface area (Å²) in [6, 6.07) is 7.75. The van der Waals surface area contributed by atoms with Crippen molar-refractivity contribution in [2.75, 3.05) is 13.1 Å². The second-order valence-corrected chi connectivity index (χ2v) is 8.49. The molecule has 1 amide bonds. The van der Waals surface area contributed by atoms with Gasteiger partial charge in [0.05, 0.1) is 11.3 Å². The van der Waals surface area contributed by atoms with Crippen LogP contribution in [0.15, 0.2) is 24.3 Å². The molecule has 1 heterocycles. The Balaban J connectivity index is 1.52. The van der Waals surface area contributed by atoms with Gasteiger partial charge < -0.3 is 10.0 Å². The number of amides is 1. The summed E-state index contributed by atoms with van der Waals surface area (Å²) in [5, 5.41) is 9.92. The van der Waals surface area contributed by atoms with Crippen molar-refractivity contribution in [2.45, 2.75) is 50.4 Å². The predicted octanol–water partition coefficient (Wildman–Crippen LogP) is 3.87. The van der Waals surface area contributed by atoms with E-state index in [0.29, 0.717) is 18.1 Å². The lowest BCUT2D eigenvalue weighted by atomic mass is 9.76. The molecule has 0 radical (unpaired) electrons. The molecule has 1 atom stereocenters. The van der Waals surface area contributed by atoms with Gasteiger partial charge in [-0.05, 0) is 55.2 Å². The quantitative estimate of drug-likeness (QED) is 0.889. The molecule has 1 aromatic carbocycles. The summed E-state index contributed by atoms with van der Waals surface area (Å²) < 4.78 is 0. The summed E-state index contributed by atoms with van der Waals surface area (Å²) >= 11 is 6.19. The van der Waals surface area contributed by atoms with Crippen molar-refractivity contribution in [1.82, 2.24) is 4.90 Å². The maximum atomic E-state index is 13.4. The second kappa shape index (κ2) is 6.01. The molecule has 1 saturated heterocycles. The summed E-state index contributed by atoms with van der Waals surface area (Å²) in [7, 11) is 0. The van der Waals surface area contributed by atoms with Crippen molar-refractivity contribution < 1.29 is 14.7 Å². The molecule has 0 aromatic heterocycles. The van der Waals surface area contributed by atoms with Gasteiger partial charge in [-0.15, -0.1) is 0 Å².